The predicted molar refractivity (Wildman–Crippen MR) is 108 cm³/mol. The number of hydrogen-bond donors (Lipinski definition) is 2. The van der Waals surface area contributed by atoms with Gasteiger partial charge in [0.1, 0.15) is 0 Å². The molecule has 0 bridgehead atoms. The maximum atomic E-state index is 11.4. The van der Waals surface area contributed by atoms with Gasteiger partial charge in [-0.15, -0.1) is 24.0 Å². The molecule has 6 nitrogen and oxygen atoms in total. The molecule has 0 saturated carbocycles. The van der Waals surface area contributed by atoms with E-state index < -0.39 is 0 Å². The first-order valence-corrected chi connectivity index (χ1v) is 8.43. The van der Waals surface area contributed by atoms with E-state index in [1.807, 2.05) is 6.92 Å². The summed E-state index contributed by atoms with van der Waals surface area (Å²) in [5.41, 5.74) is 0.128. The van der Waals surface area contributed by atoms with E-state index in [-0.39, 0.29) is 47.4 Å². The van der Waals surface area contributed by atoms with E-state index in [2.05, 4.69) is 36.4 Å². The van der Waals surface area contributed by atoms with Gasteiger partial charge in [0, 0.05) is 32.7 Å². The summed E-state index contributed by atoms with van der Waals surface area (Å²) < 4.78 is 10.7. The molecule has 0 aromatic carbocycles. The Balaban J connectivity index is 0.00000529. The molecule has 0 radical (unpaired) electrons. The maximum absolute atomic E-state index is 11.4. The zero-order valence-corrected chi connectivity index (χ0v) is 18.2. The summed E-state index contributed by atoms with van der Waals surface area (Å²) in [6, 6.07) is 0. The Labute approximate surface area is 163 Å². The highest BCUT2D eigenvalue weighted by Crippen LogP contribution is 2.33. The summed E-state index contributed by atoms with van der Waals surface area (Å²) in [7, 11) is 3.14. The standard InChI is InChI=1S/C17H33N3O3.HI/c1-12(15(21)22-6)10-19-16(18-5)20-11-13-8-7-9-23-14(13)17(2,3)4;/h12-14H,7-11H2,1-6H3,(H2,18,19,20);1H. The van der Waals surface area contributed by atoms with E-state index in [0.717, 1.165) is 26.0 Å². The van der Waals surface area contributed by atoms with Gasteiger partial charge in [-0.2, -0.15) is 0 Å². The number of halogens is 1. The maximum Gasteiger partial charge on any atom is 0.310 e. The molecule has 1 fully saturated rings. The van der Waals surface area contributed by atoms with Gasteiger partial charge in [0.2, 0.25) is 0 Å². The molecule has 7 heteroatoms. The second-order valence-corrected chi connectivity index (χ2v) is 7.32. The summed E-state index contributed by atoms with van der Waals surface area (Å²) in [4.78, 5) is 15.7. The average Bonchev–Trinajstić information content (AvgIpc) is 2.53. The van der Waals surface area contributed by atoms with Gasteiger partial charge in [0.25, 0.3) is 0 Å². The van der Waals surface area contributed by atoms with E-state index in [0.29, 0.717) is 18.4 Å². The summed E-state index contributed by atoms with van der Waals surface area (Å²) in [5.74, 6) is 0.736. The molecule has 0 aromatic rings. The largest absolute Gasteiger partial charge is 0.469 e. The van der Waals surface area contributed by atoms with Crippen LogP contribution in [0.4, 0.5) is 0 Å². The number of rotatable bonds is 5. The first-order valence-electron chi connectivity index (χ1n) is 8.43. The molecule has 1 rings (SSSR count). The lowest BCUT2D eigenvalue weighted by atomic mass is 9.78. The van der Waals surface area contributed by atoms with Crippen molar-refractivity contribution in [3.8, 4) is 0 Å². The second-order valence-electron chi connectivity index (χ2n) is 7.32. The highest BCUT2D eigenvalue weighted by atomic mass is 127. The van der Waals surface area contributed by atoms with Crippen LogP contribution in [0.2, 0.25) is 0 Å². The quantitative estimate of drug-likeness (QED) is 0.289. The van der Waals surface area contributed by atoms with E-state index in [1.54, 1.807) is 7.05 Å². The van der Waals surface area contributed by atoms with E-state index >= 15 is 0 Å². The Morgan fingerprint density at radius 2 is 2.04 bits per heavy atom. The molecule has 0 amide bonds. The Morgan fingerprint density at radius 3 is 2.58 bits per heavy atom. The number of esters is 1. The van der Waals surface area contributed by atoms with Crippen molar-refractivity contribution < 1.29 is 14.3 Å². The van der Waals surface area contributed by atoms with Gasteiger partial charge < -0.3 is 20.1 Å². The lowest BCUT2D eigenvalue weighted by molar-refractivity contribution is -0.144. The first-order chi connectivity index (χ1) is 10.8. The normalized spacial score (nSPS) is 23.0. The van der Waals surface area contributed by atoms with Crippen molar-refractivity contribution in [2.75, 3.05) is 33.9 Å². The number of hydrogen-bond acceptors (Lipinski definition) is 4. The smallest absolute Gasteiger partial charge is 0.310 e. The lowest BCUT2D eigenvalue weighted by Crippen LogP contribution is -2.48. The van der Waals surface area contributed by atoms with Gasteiger partial charge in [-0.1, -0.05) is 27.7 Å². The van der Waals surface area contributed by atoms with Crippen molar-refractivity contribution in [3.05, 3.63) is 0 Å². The van der Waals surface area contributed by atoms with Crippen LogP contribution in [0.3, 0.4) is 0 Å². The lowest BCUT2D eigenvalue weighted by Gasteiger charge is -2.40. The molecule has 3 unspecified atom stereocenters. The molecule has 3 atom stereocenters. The molecule has 0 spiro atoms. The van der Waals surface area contributed by atoms with Gasteiger partial charge >= 0.3 is 5.97 Å². The van der Waals surface area contributed by atoms with Crippen molar-refractivity contribution >= 4 is 35.9 Å². The minimum atomic E-state index is -0.221. The fourth-order valence-corrected chi connectivity index (χ4v) is 2.99. The third-order valence-electron chi connectivity index (χ3n) is 4.23. The Morgan fingerprint density at radius 1 is 1.38 bits per heavy atom. The van der Waals surface area contributed by atoms with E-state index in [1.165, 1.54) is 7.11 Å². The average molecular weight is 455 g/mol. The van der Waals surface area contributed by atoms with Crippen molar-refractivity contribution in [1.29, 1.82) is 0 Å². The van der Waals surface area contributed by atoms with Crippen LogP contribution in [0.25, 0.3) is 0 Å². The van der Waals surface area contributed by atoms with E-state index in [4.69, 9.17) is 9.47 Å². The monoisotopic (exact) mass is 455 g/mol. The number of nitrogens with one attached hydrogen (secondary N) is 2. The molecule has 0 aromatic heterocycles. The van der Waals surface area contributed by atoms with Crippen molar-refractivity contribution in [2.45, 2.75) is 46.6 Å². The molecular formula is C17H34IN3O3. The van der Waals surface area contributed by atoms with Crippen LogP contribution in [0.1, 0.15) is 40.5 Å². The molecular weight excluding hydrogens is 421 g/mol. The number of guanidine groups is 1. The third-order valence-corrected chi connectivity index (χ3v) is 4.23. The van der Waals surface area contributed by atoms with Gasteiger partial charge in [0.15, 0.2) is 5.96 Å². The van der Waals surface area contributed by atoms with Crippen LogP contribution in [-0.2, 0) is 14.3 Å². The molecule has 1 aliphatic rings. The fourth-order valence-electron chi connectivity index (χ4n) is 2.99. The van der Waals surface area contributed by atoms with Crippen molar-refractivity contribution in [2.24, 2.45) is 22.2 Å². The number of carbonyl (C=O) groups excluding carboxylic acids is 1. The van der Waals surface area contributed by atoms with Crippen LogP contribution >= 0.6 is 24.0 Å². The first kappa shape index (κ1) is 23.4. The summed E-state index contributed by atoms with van der Waals surface area (Å²) >= 11 is 0. The van der Waals surface area contributed by atoms with Gasteiger partial charge in [0.05, 0.1) is 19.1 Å². The van der Waals surface area contributed by atoms with Crippen molar-refractivity contribution in [1.82, 2.24) is 10.6 Å². The summed E-state index contributed by atoms with van der Waals surface area (Å²) in [5, 5.41) is 6.54. The number of carbonyl (C=O) groups is 1. The van der Waals surface area contributed by atoms with Gasteiger partial charge in [-0.25, -0.2) is 0 Å². The molecule has 1 aliphatic heterocycles. The van der Waals surface area contributed by atoms with Gasteiger partial charge in [-0.3, -0.25) is 9.79 Å². The zero-order valence-electron chi connectivity index (χ0n) is 15.8. The molecule has 2 N–H and O–H groups in total. The topological polar surface area (TPSA) is 72.0 Å². The Bertz CT molecular complexity index is 410. The summed E-state index contributed by atoms with van der Waals surface area (Å²) in [6.45, 7) is 10.7. The van der Waals surface area contributed by atoms with E-state index in [9.17, 15) is 4.79 Å². The number of aliphatic imine (C=N–C) groups is 1. The Kier molecular flexibility index (Phi) is 10.9. The molecule has 1 saturated heterocycles. The number of ether oxygens (including phenoxy) is 2. The second kappa shape index (κ2) is 11.1. The van der Waals surface area contributed by atoms with Crippen LogP contribution in [0.5, 0.6) is 0 Å². The van der Waals surface area contributed by atoms with Crippen LogP contribution < -0.4 is 10.6 Å². The third kappa shape index (κ3) is 7.55. The molecule has 24 heavy (non-hydrogen) atoms. The molecule has 0 aliphatic carbocycles. The Hall–Kier alpha value is -0.570. The highest BCUT2D eigenvalue weighted by Gasteiger charge is 2.35. The number of nitrogens with zero attached hydrogens (tertiary/aromatic N) is 1. The molecule has 1 heterocycles. The van der Waals surface area contributed by atoms with Crippen molar-refractivity contribution in [3.63, 3.8) is 0 Å². The zero-order chi connectivity index (χ0) is 17.5. The minimum absolute atomic E-state index is 0. The predicted octanol–water partition coefficient (Wildman–Crippen LogP) is 2.42. The SMILES string of the molecule is CN=C(NCC(C)C(=O)OC)NCC1CCCOC1C(C)(C)C.I. The van der Waals surface area contributed by atoms with Crippen LogP contribution in [0.15, 0.2) is 4.99 Å². The fraction of sp³-hybridized carbons (Fsp3) is 0.882. The summed E-state index contributed by atoms with van der Waals surface area (Å²) in [6.07, 6.45) is 2.50. The van der Waals surface area contributed by atoms with Crippen LogP contribution in [-0.4, -0.2) is 51.9 Å². The highest BCUT2D eigenvalue weighted by molar-refractivity contribution is 14.0. The van der Waals surface area contributed by atoms with Gasteiger partial charge in [-0.05, 0) is 18.3 Å². The minimum Gasteiger partial charge on any atom is -0.469 e. The molecule has 142 valence electrons. The van der Waals surface area contributed by atoms with Crippen LogP contribution in [0, 0.1) is 17.3 Å². The number of methoxy groups -OCH3 is 1.